The molecule has 33 heavy (non-hydrogen) atoms. The van der Waals surface area contributed by atoms with Gasteiger partial charge >= 0.3 is 0 Å². The van der Waals surface area contributed by atoms with Gasteiger partial charge in [0.1, 0.15) is 11.9 Å². The molecular weight excluding hydrogens is 423 g/mol. The Morgan fingerprint density at radius 1 is 1.18 bits per heavy atom. The summed E-state index contributed by atoms with van der Waals surface area (Å²) in [4.78, 5) is 19.3. The van der Waals surface area contributed by atoms with E-state index in [9.17, 15) is 14.4 Å². The van der Waals surface area contributed by atoms with Gasteiger partial charge in [0.15, 0.2) is 11.5 Å². The van der Waals surface area contributed by atoms with E-state index in [0.717, 1.165) is 11.1 Å². The summed E-state index contributed by atoms with van der Waals surface area (Å²) in [5.74, 6) is 0.463. The Morgan fingerprint density at radius 2 is 1.88 bits per heavy atom. The standard InChI is InChI=1S/C25H25FN4O3/c1-15-4-5-18(10-20(15)26)29-25(31)16-6-8-30(9-7-16)24-17(13-27)14-28-21-12-23(33-3)22(32-2)11-19(21)24/h4-5,10-12,14,16H,6-9H2,1-3H3,(H,29,31). The highest BCUT2D eigenvalue weighted by atomic mass is 19.1. The van der Waals surface area contributed by atoms with Gasteiger partial charge in [0.2, 0.25) is 5.91 Å². The van der Waals surface area contributed by atoms with Gasteiger partial charge in [-0.25, -0.2) is 4.39 Å². The number of hydrogen-bond donors (Lipinski definition) is 1. The van der Waals surface area contributed by atoms with Crippen molar-refractivity contribution in [2.45, 2.75) is 19.8 Å². The summed E-state index contributed by atoms with van der Waals surface area (Å²) in [6.07, 6.45) is 2.79. The Labute approximate surface area is 191 Å². The van der Waals surface area contributed by atoms with E-state index >= 15 is 0 Å². The van der Waals surface area contributed by atoms with E-state index < -0.39 is 0 Å². The Balaban J connectivity index is 1.55. The first-order valence-electron chi connectivity index (χ1n) is 10.7. The number of aromatic nitrogens is 1. The number of ether oxygens (including phenoxy) is 2. The fourth-order valence-electron chi connectivity index (χ4n) is 4.21. The van der Waals surface area contributed by atoms with Crippen LogP contribution in [-0.2, 0) is 4.79 Å². The van der Waals surface area contributed by atoms with Gasteiger partial charge in [-0.1, -0.05) is 6.07 Å². The second-order valence-electron chi connectivity index (χ2n) is 8.07. The maximum absolute atomic E-state index is 13.8. The minimum Gasteiger partial charge on any atom is -0.493 e. The van der Waals surface area contributed by atoms with Crippen molar-refractivity contribution in [2.75, 3.05) is 37.5 Å². The SMILES string of the molecule is COc1cc2ncc(C#N)c(N3CCC(C(=O)Nc4ccc(C)c(F)c4)CC3)c2cc1OC. The van der Waals surface area contributed by atoms with E-state index in [4.69, 9.17) is 9.47 Å². The molecule has 4 rings (SSSR count). The maximum atomic E-state index is 13.8. The van der Waals surface area contributed by atoms with Gasteiger partial charge in [-0.15, -0.1) is 0 Å². The molecule has 1 aliphatic heterocycles. The quantitative estimate of drug-likeness (QED) is 0.622. The Bertz CT molecular complexity index is 1250. The highest BCUT2D eigenvalue weighted by Crippen LogP contribution is 2.38. The molecule has 1 amide bonds. The summed E-state index contributed by atoms with van der Waals surface area (Å²) < 4.78 is 24.6. The van der Waals surface area contributed by atoms with Crippen LogP contribution in [0.25, 0.3) is 10.9 Å². The number of carbonyl (C=O) groups is 1. The predicted octanol–water partition coefficient (Wildman–Crippen LogP) is 4.43. The molecule has 0 unspecified atom stereocenters. The molecule has 1 fully saturated rings. The zero-order chi connectivity index (χ0) is 23.5. The molecule has 2 heterocycles. The van der Waals surface area contributed by atoms with Crippen LogP contribution in [0.4, 0.5) is 15.8 Å². The largest absolute Gasteiger partial charge is 0.493 e. The van der Waals surface area contributed by atoms with Crippen LogP contribution in [-0.4, -0.2) is 38.2 Å². The molecule has 0 aliphatic carbocycles. The van der Waals surface area contributed by atoms with Crippen molar-refractivity contribution in [3.63, 3.8) is 0 Å². The van der Waals surface area contributed by atoms with Crippen molar-refractivity contribution in [2.24, 2.45) is 5.92 Å². The van der Waals surface area contributed by atoms with Crippen LogP contribution < -0.4 is 19.7 Å². The topological polar surface area (TPSA) is 87.5 Å². The molecule has 7 nitrogen and oxygen atoms in total. The zero-order valence-corrected chi connectivity index (χ0v) is 18.8. The smallest absolute Gasteiger partial charge is 0.227 e. The number of anilines is 2. The third-order valence-electron chi connectivity index (χ3n) is 6.09. The number of halogens is 1. The molecule has 170 valence electrons. The second kappa shape index (κ2) is 9.33. The molecule has 0 spiro atoms. The molecule has 0 bridgehead atoms. The number of rotatable bonds is 5. The minimum atomic E-state index is -0.344. The van der Waals surface area contributed by atoms with Crippen molar-refractivity contribution in [1.29, 1.82) is 5.26 Å². The van der Waals surface area contributed by atoms with Crippen molar-refractivity contribution in [1.82, 2.24) is 4.98 Å². The molecule has 1 N–H and O–H groups in total. The van der Waals surface area contributed by atoms with Gasteiger partial charge in [0.05, 0.1) is 31.0 Å². The molecule has 8 heteroatoms. The van der Waals surface area contributed by atoms with Crippen LogP contribution in [0.3, 0.4) is 0 Å². The van der Waals surface area contributed by atoms with E-state index in [1.54, 1.807) is 45.5 Å². The zero-order valence-electron chi connectivity index (χ0n) is 18.8. The van der Waals surface area contributed by atoms with E-state index in [1.807, 2.05) is 6.07 Å². The summed E-state index contributed by atoms with van der Waals surface area (Å²) in [6.45, 7) is 2.88. The molecule has 0 atom stereocenters. The van der Waals surface area contributed by atoms with Gasteiger partial charge in [-0.3, -0.25) is 9.78 Å². The van der Waals surface area contributed by atoms with Crippen LogP contribution in [0.15, 0.2) is 36.5 Å². The number of methoxy groups -OCH3 is 2. The molecule has 2 aromatic carbocycles. The Morgan fingerprint density at radius 3 is 2.52 bits per heavy atom. The number of piperidine rings is 1. The summed E-state index contributed by atoms with van der Waals surface area (Å²) in [7, 11) is 3.13. The van der Waals surface area contributed by atoms with E-state index in [-0.39, 0.29) is 17.6 Å². The Hall–Kier alpha value is -3.86. The first-order valence-corrected chi connectivity index (χ1v) is 10.7. The van der Waals surface area contributed by atoms with Gasteiger partial charge in [0, 0.05) is 42.3 Å². The summed E-state index contributed by atoms with van der Waals surface area (Å²) in [5.41, 5.74) is 2.94. The lowest BCUT2D eigenvalue weighted by atomic mass is 9.94. The van der Waals surface area contributed by atoms with Crippen LogP contribution in [0, 0.1) is 30.0 Å². The lowest BCUT2D eigenvalue weighted by Gasteiger charge is -2.34. The average molecular weight is 448 g/mol. The monoisotopic (exact) mass is 448 g/mol. The van der Waals surface area contributed by atoms with E-state index in [1.165, 1.54) is 6.07 Å². The lowest BCUT2D eigenvalue weighted by Crippen LogP contribution is -2.38. The number of carbonyl (C=O) groups excluding carboxylic acids is 1. The molecule has 3 aromatic rings. The highest BCUT2D eigenvalue weighted by molar-refractivity contribution is 5.97. The van der Waals surface area contributed by atoms with Gasteiger partial charge in [-0.05, 0) is 43.5 Å². The first-order chi connectivity index (χ1) is 15.9. The van der Waals surface area contributed by atoms with Crippen molar-refractivity contribution in [3.05, 3.63) is 53.5 Å². The van der Waals surface area contributed by atoms with Crippen molar-refractivity contribution >= 4 is 28.2 Å². The molecule has 0 radical (unpaired) electrons. The molecule has 1 aliphatic rings. The number of nitrogens with zero attached hydrogens (tertiary/aromatic N) is 3. The van der Waals surface area contributed by atoms with Crippen LogP contribution in [0.5, 0.6) is 11.5 Å². The van der Waals surface area contributed by atoms with Gasteiger partial charge in [-0.2, -0.15) is 5.26 Å². The summed E-state index contributed by atoms with van der Waals surface area (Å²) in [5, 5.41) is 13.3. The predicted molar refractivity (Wildman–Crippen MR) is 124 cm³/mol. The lowest BCUT2D eigenvalue weighted by molar-refractivity contribution is -0.120. The third-order valence-corrected chi connectivity index (χ3v) is 6.09. The molecular formula is C25H25FN4O3. The normalized spacial score (nSPS) is 14.1. The minimum absolute atomic E-state index is 0.121. The molecule has 1 aromatic heterocycles. The number of benzene rings is 2. The third kappa shape index (κ3) is 4.40. The van der Waals surface area contributed by atoms with E-state index in [2.05, 4.69) is 21.3 Å². The first kappa shape index (κ1) is 22.3. The fourth-order valence-corrected chi connectivity index (χ4v) is 4.21. The van der Waals surface area contributed by atoms with Crippen molar-refractivity contribution in [3.8, 4) is 17.6 Å². The number of aryl methyl sites for hydroxylation is 1. The summed E-state index contributed by atoms with van der Waals surface area (Å²) >= 11 is 0. The van der Waals surface area contributed by atoms with Gasteiger partial charge in [0.25, 0.3) is 0 Å². The average Bonchev–Trinajstić information content (AvgIpc) is 2.84. The molecule has 0 saturated carbocycles. The maximum Gasteiger partial charge on any atom is 0.227 e. The highest BCUT2D eigenvalue weighted by Gasteiger charge is 2.28. The van der Waals surface area contributed by atoms with Crippen LogP contribution >= 0.6 is 0 Å². The van der Waals surface area contributed by atoms with Gasteiger partial charge < -0.3 is 19.7 Å². The number of fused-ring (bicyclic) bond motifs is 1. The van der Waals surface area contributed by atoms with Crippen LogP contribution in [0.2, 0.25) is 0 Å². The number of amides is 1. The number of pyridine rings is 1. The molecule has 1 saturated heterocycles. The van der Waals surface area contributed by atoms with E-state index in [0.29, 0.717) is 59.8 Å². The fraction of sp³-hybridized carbons (Fsp3) is 0.320. The Kier molecular flexibility index (Phi) is 6.31. The summed E-state index contributed by atoms with van der Waals surface area (Å²) in [6, 6.07) is 10.6. The second-order valence-corrected chi connectivity index (χ2v) is 8.07. The number of nitrogens with one attached hydrogen (secondary N) is 1. The number of nitriles is 1. The van der Waals surface area contributed by atoms with Crippen LogP contribution in [0.1, 0.15) is 24.0 Å². The number of hydrogen-bond acceptors (Lipinski definition) is 6. The van der Waals surface area contributed by atoms with Crippen molar-refractivity contribution < 1.29 is 18.7 Å².